The molecule has 1 aliphatic heterocycles. The molecule has 1 amide bonds. The topological polar surface area (TPSA) is 73.6 Å². The van der Waals surface area contributed by atoms with E-state index in [0.717, 1.165) is 6.42 Å². The third kappa shape index (κ3) is 2.79. The minimum absolute atomic E-state index is 0.150. The Morgan fingerprint density at radius 2 is 2.10 bits per heavy atom. The summed E-state index contributed by atoms with van der Waals surface area (Å²) in [6.07, 6.45) is 0.470. The van der Waals surface area contributed by atoms with E-state index in [1.807, 2.05) is 20.8 Å². The lowest BCUT2D eigenvalue weighted by molar-refractivity contribution is 0.0408. The first-order valence-electron chi connectivity index (χ1n) is 7.41. The van der Waals surface area contributed by atoms with Gasteiger partial charge in [0, 0.05) is 6.61 Å². The number of rotatable bonds is 3. The monoisotopic (exact) mass is 284 g/mol. The van der Waals surface area contributed by atoms with Crippen molar-refractivity contribution in [2.45, 2.75) is 52.2 Å². The van der Waals surface area contributed by atoms with E-state index in [4.69, 9.17) is 15.2 Å². The van der Waals surface area contributed by atoms with Crippen LogP contribution in [-0.4, -0.2) is 37.0 Å². The van der Waals surface area contributed by atoms with Crippen LogP contribution in [-0.2, 0) is 9.47 Å². The number of alkyl carbamates (subject to hydrolysis) is 1. The number of nitrogens with one attached hydrogen (secondary N) is 1. The second-order valence-corrected chi connectivity index (χ2v) is 7.73. The summed E-state index contributed by atoms with van der Waals surface area (Å²) in [6.45, 7) is 11.9. The average molecular weight is 284 g/mol. The average Bonchev–Trinajstić information content (AvgIpc) is 2.65. The third-order valence-corrected chi connectivity index (χ3v) is 4.70. The van der Waals surface area contributed by atoms with Crippen molar-refractivity contribution in [3.63, 3.8) is 0 Å². The number of ether oxygens (including phenoxy) is 2. The zero-order valence-electron chi connectivity index (χ0n) is 13.3. The number of carbonyl (C=O) groups is 1. The van der Waals surface area contributed by atoms with Crippen molar-refractivity contribution in [3.05, 3.63) is 0 Å². The fraction of sp³-hybridized carbons (Fsp3) is 0.933. The van der Waals surface area contributed by atoms with Crippen molar-refractivity contribution in [1.29, 1.82) is 0 Å². The first-order chi connectivity index (χ1) is 9.12. The maximum absolute atomic E-state index is 12.1. The molecule has 3 atom stereocenters. The molecule has 20 heavy (non-hydrogen) atoms. The van der Waals surface area contributed by atoms with Crippen LogP contribution in [0.4, 0.5) is 4.79 Å². The van der Waals surface area contributed by atoms with Gasteiger partial charge in [0.25, 0.3) is 0 Å². The van der Waals surface area contributed by atoms with E-state index in [9.17, 15) is 4.79 Å². The van der Waals surface area contributed by atoms with Crippen molar-refractivity contribution < 1.29 is 14.3 Å². The van der Waals surface area contributed by atoms with E-state index in [-0.39, 0.29) is 17.0 Å². The minimum Gasteiger partial charge on any atom is -0.444 e. The normalized spacial score (nSPS) is 35.7. The molecule has 1 unspecified atom stereocenters. The summed E-state index contributed by atoms with van der Waals surface area (Å²) >= 11 is 0. The molecule has 0 spiro atoms. The van der Waals surface area contributed by atoms with Crippen molar-refractivity contribution in [2.75, 3.05) is 19.8 Å². The van der Waals surface area contributed by atoms with Gasteiger partial charge >= 0.3 is 6.09 Å². The first-order valence-corrected chi connectivity index (χ1v) is 7.41. The van der Waals surface area contributed by atoms with E-state index < -0.39 is 5.60 Å². The Kier molecular flexibility index (Phi) is 3.80. The molecule has 116 valence electrons. The van der Waals surface area contributed by atoms with Gasteiger partial charge in [0.05, 0.1) is 12.1 Å². The Labute approximate surface area is 121 Å². The summed E-state index contributed by atoms with van der Waals surface area (Å²) in [5.41, 5.74) is 5.21. The van der Waals surface area contributed by atoms with Crippen LogP contribution in [0.2, 0.25) is 0 Å². The zero-order chi connectivity index (χ0) is 15.2. The Hall–Kier alpha value is -0.810. The van der Waals surface area contributed by atoms with Crippen LogP contribution < -0.4 is 11.1 Å². The highest BCUT2D eigenvalue weighted by molar-refractivity contribution is 5.69. The Balaban J connectivity index is 2.10. The molecule has 2 fully saturated rings. The Morgan fingerprint density at radius 3 is 2.50 bits per heavy atom. The molecular formula is C15H28N2O3. The largest absolute Gasteiger partial charge is 0.444 e. The lowest BCUT2D eigenvalue weighted by atomic mass is 9.87. The van der Waals surface area contributed by atoms with E-state index in [1.54, 1.807) is 0 Å². The molecule has 1 saturated carbocycles. The molecule has 5 heteroatoms. The molecule has 2 aliphatic rings. The van der Waals surface area contributed by atoms with Crippen LogP contribution in [0.25, 0.3) is 0 Å². The molecule has 3 N–H and O–H groups in total. The van der Waals surface area contributed by atoms with Gasteiger partial charge in [0.1, 0.15) is 5.60 Å². The van der Waals surface area contributed by atoms with Crippen LogP contribution in [0.1, 0.15) is 41.0 Å². The van der Waals surface area contributed by atoms with Gasteiger partial charge in [-0.1, -0.05) is 13.8 Å². The summed E-state index contributed by atoms with van der Waals surface area (Å²) < 4.78 is 11.0. The van der Waals surface area contributed by atoms with E-state index in [0.29, 0.717) is 31.6 Å². The van der Waals surface area contributed by atoms with Crippen LogP contribution in [0.3, 0.4) is 0 Å². The van der Waals surface area contributed by atoms with Gasteiger partial charge in [-0.2, -0.15) is 0 Å². The van der Waals surface area contributed by atoms with E-state index in [1.165, 1.54) is 0 Å². The smallest absolute Gasteiger partial charge is 0.408 e. The SMILES string of the molecule is CC(C)(C)OC(=O)NC1([C@H]2[C@H](CN)C2(C)C)CCOC1. The lowest BCUT2D eigenvalue weighted by Gasteiger charge is -2.32. The second-order valence-electron chi connectivity index (χ2n) is 7.73. The fourth-order valence-corrected chi connectivity index (χ4v) is 3.79. The molecule has 2 rings (SSSR count). The van der Waals surface area contributed by atoms with Crippen molar-refractivity contribution in [1.82, 2.24) is 5.32 Å². The first kappa shape index (κ1) is 15.6. The summed E-state index contributed by atoms with van der Waals surface area (Å²) in [6, 6.07) is 0. The Bertz CT molecular complexity index is 381. The lowest BCUT2D eigenvalue weighted by Crippen LogP contribution is -2.53. The van der Waals surface area contributed by atoms with Gasteiger partial charge in [-0.3, -0.25) is 0 Å². The number of hydrogen-bond donors (Lipinski definition) is 2. The molecule has 1 saturated heterocycles. The van der Waals surface area contributed by atoms with E-state index in [2.05, 4.69) is 19.2 Å². The predicted octanol–water partition coefficient (Wildman–Crippen LogP) is 1.90. The summed E-state index contributed by atoms with van der Waals surface area (Å²) in [5, 5.41) is 3.09. The van der Waals surface area contributed by atoms with Crippen molar-refractivity contribution >= 4 is 6.09 Å². The fourth-order valence-electron chi connectivity index (χ4n) is 3.79. The molecule has 1 aliphatic carbocycles. The predicted molar refractivity (Wildman–Crippen MR) is 77.4 cm³/mol. The van der Waals surface area contributed by atoms with Crippen molar-refractivity contribution in [3.8, 4) is 0 Å². The third-order valence-electron chi connectivity index (χ3n) is 4.70. The summed E-state index contributed by atoms with van der Waals surface area (Å²) in [5.74, 6) is 0.786. The van der Waals surface area contributed by atoms with Gasteiger partial charge in [-0.05, 0) is 51.0 Å². The Morgan fingerprint density at radius 1 is 1.45 bits per heavy atom. The molecule has 1 heterocycles. The molecule has 0 radical (unpaired) electrons. The molecular weight excluding hydrogens is 256 g/mol. The zero-order valence-corrected chi connectivity index (χ0v) is 13.3. The number of amides is 1. The number of nitrogens with two attached hydrogens (primary N) is 1. The number of hydrogen-bond acceptors (Lipinski definition) is 4. The van der Waals surface area contributed by atoms with Gasteiger partial charge in [0.2, 0.25) is 0 Å². The maximum Gasteiger partial charge on any atom is 0.408 e. The van der Waals surface area contributed by atoms with Gasteiger partial charge in [-0.25, -0.2) is 4.79 Å². The highest BCUT2D eigenvalue weighted by Crippen LogP contribution is 2.63. The molecule has 0 aromatic rings. The minimum atomic E-state index is -0.489. The van der Waals surface area contributed by atoms with Gasteiger partial charge in [0.15, 0.2) is 0 Å². The van der Waals surface area contributed by atoms with E-state index >= 15 is 0 Å². The maximum atomic E-state index is 12.1. The molecule has 0 aromatic heterocycles. The van der Waals surface area contributed by atoms with Gasteiger partial charge < -0.3 is 20.5 Å². The summed E-state index contributed by atoms with van der Waals surface area (Å²) in [4.78, 5) is 12.1. The van der Waals surface area contributed by atoms with Crippen LogP contribution in [0.15, 0.2) is 0 Å². The standard InChI is InChI=1S/C15H28N2O3/c1-13(2,3)20-12(18)17-15(6-7-19-9-15)11-10(8-16)14(11,4)5/h10-11H,6-9,16H2,1-5H3,(H,17,18)/t10-,11-,15?/m0/s1. The van der Waals surface area contributed by atoms with Gasteiger partial charge in [-0.15, -0.1) is 0 Å². The van der Waals surface area contributed by atoms with Crippen LogP contribution in [0.5, 0.6) is 0 Å². The number of carbonyl (C=O) groups excluding carboxylic acids is 1. The quantitative estimate of drug-likeness (QED) is 0.830. The van der Waals surface area contributed by atoms with Crippen LogP contribution >= 0.6 is 0 Å². The molecule has 5 nitrogen and oxygen atoms in total. The molecule has 0 bridgehead atoms. The van der Waals surface area contributed by atoms with Crippen LogP contribution in [0, 0.1) is 17.3 Å². The second kappa shape index (κ2) is 4.88. The highest BCUT2D eigenvalue weighted by atomic mass is 16.6. The summed E-state index contributed by atoms with van der Waals surface area (Å²) in [7, 11) is 0. The molecule has 0 aromatic carbocycles. The van der Waals surface area contributed by atoms with Crippen molar-refractivity contribution in [2.24, 2.45) is 23.0 Å². The highest BCUT2D eigenvalue weighted by Gasteiger charge is 2.67.